The zero-order valence-electron chi connectivity index (χ0n) is 6.07. The molecular weight excluding hydrogens is 122 g/mol. The van der Waals surface area contributed by atoms with E-state index in [1.54, 1.807) is 0 Å². The average Bonchev–Trinajstić information content (AvgIpc) is 2.02. The van der Waals surface area contributed by atoms with Gasteiger partial charge in [-0.05, 0) is 12.1 Å². The van der Waals surface area contributed by atoms with Gasteiger partial charge in [0.15, 0.2) is 0 Å². The third kappa shape index (κ3) is 2.35. The van der Waals surface area contributed by atoms with Crippen LogP contribution in [0.4, 0.5) is 0 Å². The van der Waals surface area contributed by atoms with Crippen molar-refractivity contribution in [3.05, 3.63) is 48.8 Å². The molecular formula is C9H11N. The summed E-state index contributed by atoms with van der Waals surface area (Å²) in [5, 5.41) is 0. The molecule has 0 aliphatic carbocycles. The molecule has 1 aromatic heterocycles. The topological polar surface area (TPSA) is 4.93 Å². The number of nitrogens with zero attached hydrogens (tertiary/aromatic N) is 1. The van der Waals surface area contributed by atoms with Gasteiger partial charge in [0.1, 0.15) is 0 Å². The second-order valence-electron chi connectivity index (χ2n) is 2.12. The van der Waals surface area contributed by atoms with Gasteiger partial charge in [0, 0.05) is 19.4 Å². The molecule has 0 atom stereocenters. The van der Waals surface area contributed by atoms with Crippen LogP contribution in [0.5, 0.6) is 0 Å². The van der Waals surface area contributed by atoms with Crippen LogP contribution >= 0.6 is 0 Å². The number of hydrogen-bond acceptors (Lipinski definition) is 0. The van der Waals surface area contributed by atoms with Crippen LogP contribution in [0.2, 0.25) is 0 Å². The Morgan fingerprint density at radius 1 is 0.700 bits per heavy atom. The van der Waals surface area contributed by atoms with Gasteiger partial charge in [0.2, 0.25) is 0 Å². The molecule has 0 unspecified atom stereocenters. The number of aromatic nitrogens is 1. The molecule has 52 valence electrons. The molecule has 0 aliphatic heterocycles. The van der Waals surface area contributed by atoms with Crippen molar-refractivity contribution in [3.8, 4) is 0 Å². The van der Waals surface area contributed by atoms with Crippen LogP contribution in [-0.2, 0) is 7.05 Å². The van der Waals surface area contributed by atoms with Crippen LogP contribution in [0.15, 0.2) is 48.8 Å². The normalized spacial score (nSPS) is 8.50. The molecule has 1 heteroatoms. The molecule has 0 bridgehead atoms. The minimum Gasteiger partial charge on any atom is -0.357 e. The van der Waals surface area contributed by atoms with Crippen LogP contribution in [-0.4, -0.2) is 4.57 Å². The lowest BCUT2D eigenvalue weighted by Gasteiger charge is -1.86. The molecule has 1 heterocycles. The Morgan fingerprint density at radius 3 is 1.60 bits per heavy atom. The molecule has 1 aromatic rings. The molecule has 10 heavy (non-hydrogen) atoms. The number of hydrogen-bond donors (Lipinski definition) is 0. The molecule has 1 rings (SSSR count). The maximum Gasteiger partial charge on any atom is 0.0106 e. The lowest BCUT2D eigenvalue weighted by atomic mass is 10.5. The number of rotatable bonds is 0. The van der Waals surface area contributed by atoms with Gasteiger partial charge >= 0.3 is 0 Å². The first-order valence-corrected chi connectivity index (χ1v) is 3.30. The molecule has 0 saturated heterocycles. The molecule has 0 amide bonds. The second-order valence-corrected chi connectivity index (χ2v) is 2.12. The summed E-state index contributed by atoms with van der Waals surface area (Å²) in [5.74, 6) is 0. The van der Waals surface area contributed by atoms with E-state index in [0.29, 0.717) is 0 Å². The van der Waals surface area contributed by atoms with E-state index >= 15 is 0 Å². The first kappa shape index (κ1) is 6.87. The molecule has 0 saturated carbocycles. The standard InChI is InChI=1S/C9H11N/c1-10-8-6-4-2-3-5-7-9-10/h2-9H,1H3. The third-order valence-corrected chi connectivity index (χ3v) is 1.20. The summed E-state index contributed by atoms with van der Waals surface area (Å²) in [5.41, 5.74) is 0. The van der Waals surface area contributed by atoms with Gasteiger partial charge < -0.3 is 4.57 Å². The Balaban J connectivity index is 3.13. The quantitative estimate of drug-likeness (QED) is 0.511. The van der Waals surface area contributed by atoms with Crippen molar-refractivity contribution in [1.29, 1.82) is 0 Å². The summed E-state index contributed by atoms with van der Waals surface area (Å²) in [6, 6.07) is 12.0. The fourth-order valence-corrected chi connectivity index (χ4v) is 0.677. The van der Waals surface area contributed by atoms with Gasteiger partial charge in [-0.15, -0.1) is 0 Å². The van der Waals surface area contributed by atoms with Crippen LogP contribution in [0, 0.1) is 0 Å². The summed E-state index contributed by atoms with van der Waals surface area (Å²) in [6.07, 6.45) is 4.00. The summed E-state index contributed by atoms with van der Waals surface area (Å²) < 4.78 is 2.00. The molecule has 0 spiro atoms. The smallest absolute Gasteiger partial charge is 0.0106 e. The third-order valence-electron chi connectivity index (χ3n) is 1.20. The molecule has 0 fully saturated rings. The highest BCUT2D eigenvalue weighted by atomic mass is 14.9. The SMILES string of the molecule is Cn1cccccccc1. The highest BCUT2D eigenvalue weighted by molar-refractivity contribution is 4.94. The van der Waals surface area contributed by atoms with E-state index in [2.05, 4.69) is 0 Å². The zero-order chi connectivity index (χ0) is 7.23. The predicted octanol–water partition coefficient (Wildman–Crippen LogP) is 2.15. The minimum absolute atomic E-state index is 2.00. The largest absolute Gasteiger partial charge is 0.357 e. The van der Waals surface area contributed by atoms with Crippen LogP contribution < -0.4 is 0 Å². The monoisotopic (exact) mass is 133 g/mol. The van der Waals surface area contributed by atoms with Crippen molar-refractivity contribution < 1.29 is 0 Å². The maximum atomic E-state index is 2.00. The summed E-state index contributed by atoms with van der Waals surface area (Å²) >= 11 is 0. The first-order chi connectivity index (χ1) is 4.89. The molecule has 0 N–H and O–H groups in total. The highest BCUT2D eigenvalue weighted by Gasteiger charge is 1.65. The zero-order valence-corrected chi connectivity index (χ0v) is 6.07. The fraction of sp³-hybridized carbons (Fsp3) is 0.111. The van der Waals surface area contributed by atoms with Gasteiger partial charge in [-0.3, -0.25) is 0 Å². The fourth-order valence-electron chi connectivity index (χ4n) is 0.677. The minimum atomic E-state index is 2.00. The van der Waals surface area contributed by atoms with E-state index in [0.717, 1.165) is 0 Å². The van der Waals surface area contributed by atoms with Crippen LogP contribution in [0.25, 0.3) is 0 Å². The lowest BCUT2D eigenvalue weighted by Crippen LogP contribution is -1.80. The Labute approximate surface area is 61.3 Å². The molecule has 0 aliphatic rings. The van der Waals surface area contributed by atoms with Crippen molar-refractivity contribution in [3.63, 3.8) is 0 Å². The summed E-state index contributed by atoms with van der Waals surface area (Å²) in [4.78, 5) is 0. The lowest BCUT2D eigenvalue weighted by molar-refractivity contribution is 0.911. The highest BCUT2D eigenvalue weighted by Crippen LogP contribution is 1.80. The summed E-state index contributed by atoms with van der Waals surface area (Å²) in [6.45, 7) is 0. The van der Waals surface area contributed by atoms with Crippen molar-refractivity contribution in [1.82, 2.24) is 4.57 Å². The Morgan fingerprint density at radius 2 is 1.10 bits per heavy atom. The Kier molecular flexibility index (Phi) is 2.56. The molecule has 0 radical (unpaired) electrons. The van der Waals surface area contributed by atoms with E-state index in [-0.39, 0.29) is 0 Å². The molecule has 0 aromatic carbocycles. The van der Waals surface area contributed by atoms with E-state index < -0.39 is 0 Å². The van der Waals surface area contributed by atoms with Crippen molar-refractivity contribution in [2.45, 2.75) is 0 Å². The summed E-state index contributed by atoms with van der Waals surface area (Å²) in [7, 11) is 2.00. The second kappa shape index (κ2) is 3.72. The van der Waals surface area contributed by atoms with Crippen molar-refractivity contribution in [2.75, 3.05) is 0 Å². The average molecular weight is 133 g/mol. The van der Waals surface area contributed by atoms with E-state index in [4.69, 9.17) is 0 Å². The van der Waals surface area contributed by atoms with E-state index in [1.165, 1.54) is 0 Å². The van der Waals surface area contributed by atoms with Crippen molar-refractivity contribution in [2.24, 2.45) is 7.05 Å². The van der Waals surface area contributed by atoms with Gasteiger partial charge in [-0.25, -0.2) is 0 Å². The Bertz CT molecular complexity index is 212. The van der Waals surface area contributed by atoms with Crippen LogP contribution in [0.3, 0.4) is 0 Å². The predicted molar refractivity (Wildman–Crippen MR) is 43.0 cm³/mol. The van der Waals surface area contributed by atoms with Gasteiger partial charge in [-0.1, -0.05) is 24.3 Å². The van der Waals surface area contributed by atoms with Crippen molar-refractivity contribution >= 4 is 0 Å². The van der Waals surface area contributed by atoms with E-state index in [9.17, 15) is 0 Å². The van der Waals surface area contributed by atoms with Gasteiger partial charge in [-0.2, -0.15) is 0 Å². The maximum absolute atomic E-state index is 2.00. The first-order valence-electron chi connectivity index (χ1n) is 3.30. The van der Waals surface area contributed by atoms with Crippen LogP contribution in [0.1, 0.15) is 0 Å². The number of aryl methyl sites for hydroxylation is 1. The van der Waals surface area contributed by atoms with E-state index in [1.807, 2.05) is 60.4 Å². The Hall–Kier alpha value is -1.24. The molecule has 1 nitrogen and oxygen atoms in total. The van der Waals surface area contributed by atoms with Gasteiger partial charge in [0.25, 0.3) is 0 Å². The van der Waals surface area contributed by atoms with Gasteiger partial charge in [0.05, 0.1) is 0 Å².